The molecule has 0 saturated heterocycles. The Morgan fingerprint density at radius 1 is 1.54 bits per heavy atom. The summed E-state index contributed by atoms with van der Waals surface area (Å²) in [6.45, 7) is 3.35. The Morgan fingerprint density at radius 3 is 2.54 bits per heavy atom. The zero-order valence-corrected chi connectivity index (χ0v) is 9.56. The van der Waals surface area contributed by atoms with E-state index in [2.05, 4.69) is 5.32 Å². The van der Waals surface area contributed by atoms with E-state index < -0.39 is 10.2 Å². The molecule has 5 heteroatoms. The minimum absolute atomic E-state index is 0.405. The average molecular weight is 238 g/mol. The summed E-state index contributed by atoms with van der Waals surface area (Å²) in [5, 5.41) is 6.42. The van der Waals surface area contributed by atoms with E-state index in [9.17, 15) is 4.79 Å². The lowest BCUT2D eigenvalue weighted by molar-refractivity contribution is -0.116. The summed E-state index contributed by atoms with van der Waals surface area (Å²) < 4.78 is -1.38. The Bertz CT molecular complexity index is 316. The second kappa shape index (κ2) is 3.86. The number of thiophene rings is 1. The van der Waals surface area contributed by atoms with Crippen LogP contribution in [-0.2, 0) is 4.79 Å². The van der Waals surface area contributed by atoms with Crippen molar-refractivity contribution in [1.82, 2.24) is 0 Å². The van der Waals surface area contributed by atoms with Crippen LogP contribution in [0, 0.1) is 6.92 Å². The number of alkyl halides is 2. The zero-order valence-electron chi connectivity index (χ0n) is 7.23. The highest BCUT2D eigenvalue weighted by Gasteiger charge is 2.27. The number of halogens is 2. The minimum Gasteiger partial charge on any atom is -0.322 e. The molecule has 0 aliphatic rings. The fourth-order valence-electron chi connectivity index (χ4n) is 0.721. The summed E-state index contributed by atoms with van der Waals surface area (Å²) in [4.78, 5) is 11.3. The molecule has 1 amide bonds. The van der Waals surface area contributed by atoms with Crippen molar-refractivity contribution in [3.8, 4) is 0 Å². The molecular weight excluding hydrogens is 229 g/mol. The molecule has 72 valence electrons. The van der Waals surface area contributed by atoms with Crippen molar-refractivity contribution in [1.29, 1.82) is 0 Å². The molecule has 0 aliphatic heterocycles. The fraction of sp³-hybridized carbons (Fsp3) is 0.375. The normalized spacial score (nSPS) is 11.4. The van der Waals surface area contributed by atoms with E-state index >= 15 is 0 Å². The Hall–Kier alpha value is -0.250. The highest BCUT2D eigenvalue weighted by atomic mass is 35.5. The molecule has 0 aromatic carbocycles. The number of nitrogens with one attached hydrogen (secondary N) is 1. The van der Waals surface area contributed by atoms with Gasteiger partial charge >= 0.3 is 0 Å². The molecular formula is C8H9Cl2NOS. The van der Waals surface area contributed by atoms with Gasteiger partial charge in [-0.25, -0.2) is 0 Å². The van der Waals surface area contributed by atoms with Crippen LogP contribution < -0.4 is 5.32 Å². The summed E-state index contributed by atoms with van der Waals surface area (Å²) in [7, 11) is 0. The molecule has 0 saturated carbocycles. The maximum Gasteiger partial charge on any atom is 0.260 e. The Balaban J connectivity index is 2.71. The molecule has 1 aromatic rings. The van der Waals surface area contributed by atoms with Crippen LogP contribution in [0.5, 0.6) is 0 Å². The van der Waals surface area contributed by atoms with E-state index in [1.54, 1.807) is 0 Å². The standard InChI is InChI=1S/C8H9Cl2NOS/c1-5-3-13-4-6(5)11-7(12)8(2,9)10/h3-4H,1-2H3,(H,11,12). The predicted molar refractivity (Wildman–Crippen MR) is 57.8 cm³/mol. The van der Waals surface area contributed by atoms with Gasteiger partial charge in [0.25, 0.3) is 5.91 Å². The van der Waals surface area contributed by atoms with E-state index in [1.807, 2.05) is 17.7 Å². The van der Waals surface area contributed by atoms with Crippen LogP contribution in [-0.4, -0.2) is 10.2 Å². The Kier molecular flexibility index (Phi) is 3.22. The van der Waals surface area contributed by atoms with E-state index in [-0.39, 0.29) is 0 Å². The van der Waals surface area contributed by atoms with Gasteiger partial charge in [0.1, 0.15) is 0 Å². The van der Waals surface area contributed by atoms with E-state index in [1.165, 1.54) is 18.3 Å². The van der Waals surface area contributed by atoms with Gasteiger partial charge in [-0.1, -0.05) is 23.2 Å². The number of aryl methyl sites for hydroxylation is 1. The quantitative estimate of drug-likeness (QED) is 0.787. The van der Waals surface area contributed by atoms with Crippen molar-refractivity contribution >= 4 is 46.1 Å². The monoisotopic (exact) mass is 237 g/mol. The molecule has 0 radical (unpaired) electrons. The molecule has 1 N–H and O–H groups in total. The molecule has 1 heterocycles. The van der Waals surface area contributed by atoms with Gasteiger partial charge in [-0.3, -0.25) is 4.79 Å². The molecule has 0 atom stereocenters. The highest BCUT2D eigenvalue weighted by molar-refractivity contribution is 7.08. The largest absolute Gasteiger partial charge is 0.322 e. The van der Waals surface area contributed by atoms with Crippen LogP contribution in [0.2, 0.25) is 0 Å². The van der Waals surface area contributed by atoms with Crippen LogP contribution >= 0.6 is 34.5 Å². The van der Waals surface area contributed by atoms with Gasteiger partial charge in [0.15, 0.2) is 4.33 Å². The molecule has 13 heavy (non-hydrogen) atoms. The number of anilines is 1. The van der Waals surface area contributed by atoms with Gasteiger partial charge in [0.2, 0.25) is 0 Å². The SMILES string of the molecule is Cc1cscc1NC(=O)C(C)(Cl)Cl. The topological polar surface area (TPSA) is 29.1 Å². The van der Waals surface area contributed by atoms with Gasteiger partial charge in [-0.2, -0.15) is 0 Å². The molecule has 0 fully saturated rings. The first-order valence-electron chi connectivity index (χ1n) is 3.63. The van der Waals surface area contributed by atoms with Crippen LogP contribution in [0.4, 0.5) is 5.69 Å². The van der Waals surface area contributed by atoms with Crippen LogP contribution in [0.15, 0.2) is 10.8 Å². The van der Waals surface area contributed by atoms with Gasteiger partial charge in [0, 0.05) is 5.38 Å². The molecule has 1 aromatic heterocycles. The van der Waals surface area contributed by atoms with Crippen molar-refractivity contribution in [2.75, 3.05) is 5.32 Å². The third-order valence-corrected chi connectivity index (χ3v) is 2.71. The molecule has 2 nitrogen and oxygen atoms in total. The predicted octanol–water partition coefficient (Wildman–Crippen LogP) is 3.19. The van der Waals surface area contributed by atoms with Crippen molar-refractivity contribution in [2.45, 2.75) is 18.2 Å². The first-order valence-corrected chi connectivity index (χ1v) is 5.33. The van der Waals surface area contributed by atoms with E-state index in [0.717, 1.165) is 11.3 Å². The number of rotatable bonds is 2. The lowest BCUT2D eigenvalue weighted by Gasteiger charge is -2.12. The van der Waals surface area contributed by atoms with Gasteiger partial charge < -0.3 is 5.32 Å². The summed E-state index contributed by atoms with van der Waals surface area (Å²) in [5.41, 5.74) is 1.78. The summed E-state index contributed by atoms with van der Waals surface area (Å²) in [6.07, 6.45) is 0. The van der Waals surface area contributed by atoms with Crippen molar-refractivity contribution in [2.24, 2.45) is 0 Å². The smallest absolute Gasteiger partial charge is 0.260 e. The number of hydrogen-bond acceptors (Lipinski definition) is 2. The molecule has 1 rings (SSSR count). The first-order chi connectivity index (χ1) is 5.91. The molecule has 0 unspecified atom stereocenters. The van der Waals surface area contributed by atoms with E-state index in [0.29, 0.717) is 0 Å². The number of amides is 1. The fourth-order valence-corrected chi connectivity index (χ4v) is 1.60. The van der Waals surface area contributed by atoms with Crippen molar-refractivity contribution in [3.05, 3.63) is 16.3 Å². The Morgan fingerprint density at radius 2 is 2.15 bits per heavy atom. The summed E-state index contributed by atoms with van der Waals surface area (Å²) in [5.74, 6) is -0.405. The van der Waals surface area contributed by atoms with Gasteiger partial charge in [-0.15, -0.1) is 11.3 Å². The third-order valence-electron chi connectivity index (χ3n) is 1.50. The van der Waals surface area contributed by atoms with Crippen LogP contribution in [0.25, 0.3) is 0 Å². The van der Waals surface area contributed by atoms with Crippen LogP contribution in [0.3, 0.4) is 0 Å². The lowest BCUT2D eigenvalue weighted by atomic mass is 10.3. The second-order valence-electron chi connectivity index (χ2n) is 2.81. The molecule has 0 aliphatic carbocycles. The van der Waals surface area contributed by atoms with Gasteiger partial charge in [0.05, 0.1) is 5.69 Å². The van der Waals surface area contributed by atoms with E-state index in [4.69, 9.17) is 23.2 Å². The molecule has 0 bridgehead atoms. The second-order valence-corrected chi connectivity index (χ2v) is 5.26. The first kappa shape index (κ1) is 10.8. The van der Waals surface area contributed by atoms with Gasteiger partial charge in [-0.05, 0) is 24.8 Å². The average Bonchev–Trinajstić information content (AvgIpc) is 2.34. The zero-order chi connectivity index (χ0) is 10.1. The minimum atomic E-state index is -1.38. The Labute approximate surface area is 90.8 Å². The maximum atomic E-state index is 11.3. The number of hydrogen-bond donors (Lipinski definition) is 1. The van der Waals surface area contributed by atoms with Crippen molar-refractivity contribution < 1.29 is 4.79 Å². The summed E-state index contributed by atoms with van der Waals surface area (Å²) in [6, 6.07) is 0. The summed E-state index contributed by atoms with van der Waals surface area (Å²) >= 11 is 12.7. The number of carbonyl (C=O) groups is 1. The lowest BCUT2D eigenvalue weighted by Crippen LogP contribution is -2.29. The molecule has 0 spiro atoms. The number of carbonyl (C=O) groups excluding carboxylic acids is 1. The van der Waals surface area contributed by atoms with Crippen molar-refractivity contribution in [3.63, 3.8) is 0 Å². The van der Waals surface area contributed by atoms with Crippen LogP contribution in [0.1, 0.15) is 12.5 Å². The highest BCUT2D eigenvalue weighted by Crippen LogP contribution is 2.25. The third kappa shape index (κ3) is 2.86. The maximum absolute atomic E-state index is 11.3.